The van der Waals surface area contributed by atoms with Crippen molar-refractivity contribution in [3.8, 4) is 0 Å². The van der Waals surface area contributed by atoms with Crippen molar-refractivity contribution in [2.75, 3.05) is 32.8 Å². The van der Waals surface area contributed by atoms with Gasteiger partial charge in [0.1, 0.15) is 11.6 Å². The number of unbranched alkanes of at least 4 members (excludes halogenated alkanes) is 1. The van der Waals surface area contributed by atoms with Gasteiger partial charge in [-0.2, -0.15) is 0 Å². The molecule has 0 aromatic heterocycles. The van der Waals surface area contributed by atoms with Crippen LogP contribution in [0.4, 0.5) is 0 Å². The van der Waals surface area contributed by atoms with Crippen LogP contribution < -0.4 is 0 Å². The number of carbonyl (C=O) groups excluding carboxylic acids is 3. The van der Waals surface area contributed by atoms with E-state index in [1.165, 1.54) is 0 Å². The maximum atomic E-state index is 14.3. The van der Waals surface area contributed by atoms with Crippen molar-refractivity contribution in [3.63, 3.8) is 0 Å². The van der Waals surface area contributed by atoms with Crippen molar-refractivity contribution < 1.29 is 24.2 Å². The van der Waals surface area contributed by atoms with Crippen LogP contribution in [0.1, 0.15) is 53.9 Å². The maximum absolute atomic E-state index is 14.3. The number of hydrogen-bond donors (Lipinski definition) is 1. The number of ether oxygens (including phenoxy) is 1. The van der Waals surface area contributed by atoms with Crippen LogP contribution in [-0.2, 0) is 19.1 Å². The highest BCUT2D eigenvalue weighted by molar-refractivity contribution is 6.00. The number of fused-ring (bicyclic) bond motifs is 2. The Hall–Kier alpha value is -2.19. The molecule has 2 saturated heterocycles. The minimum Gasteiger partial charge on any atom is -0.394 e. The van der Waals surface area contributed by atoms with Crippen LogP contribution in [0.25, 0.3) is 0 Å². The van der Waals surface area contributed by atoms with Gasteiger partial charge in [0, 0.05) is 26.2 Å². The van der Waals surface area contributed by atoms with Gasteiger partial charge in [0.05, 0.1) is 30.1 Å². The number of aliphatic hydroxyl groups is 1. The lowest BCUT2D eigenvalue weighted by Crippen LogP contribution is -2.59. The molecule has 4 rings (SSSR count). The molecular weight excluding hydrogens is 446 g/mol. The second-order valence-corrected chi connectivity index (χ2v) is 11.0. The second-order valence-electron chi connectivity index (χ2n) is 11.0. The molecule has 6 atom stereocenters. The van der Waals surface area contributed by atoms with E-state index < -0.39 is 35.1 Å². The molecular formula is C27H41N3O5. The van der Waals surface area contributed by atoms with Gasteiger partial charge in [-0.25, -0.2) is 0 Å². The first-order valence-corrected chi connectivity index (χ1v) is 13.2. The van der Waals surface area contributed by atoms with E-state index in [2.05, 4.69) is 6.92 Å². The molecule has 4 aliphatic heterocycles. The summed E-state index contributed by atoms with van der Waals surface area (Å²) in [4.78, 5) is 47.4. The molecule has 8 heteroatoms. The molecule has 1 N–H and O–H groups in total. The van der Waals surface area contributed by atoms with Gasteiger partial charge in [-0.1, -0.05) is 58.4 Å². The number of nitrogens with zero attached hydrogens (tertiary/aromatic N) is 3. The number of likely N-dealkylation sites (tertiary alicyclic amines) is 1. The Bertz CT molecular complexity index is 916. The lowest BCUT2D eigenvalue weighted by molar-refractivity contribution is -0.156. The van der Waals surface area contributed by atoms with Crippen molar-refractivity contribution in [2.24, 2.45) is 17.8 Å². The van der Waals surface area contributed by atoms with Gasteiger partial charge in [-0.05, 0) is 25.7 Å². The zero-order valence-electron chi connectivity index (χ0n) is 21.8. The second kappa shape index (κ2) is 9.69. The maximum Gasteiger partial charge on any atom is 0.249 e. The van der Waals surface area contributed by atoms with E-state index >= 15 is 0 Å². The van der Waals surface area contributed by atoms with Crippen LogP contribution in [0.3, 0.4) is 0 Å². The summed E-state index contributed by atoms with van der Waals surface area (Å²) < 4.78 is 6.81. The molecule has 4 aliphatic rings. The molecule has 35 heavy (non-hydrogen) atoms. The van der Waals surface area contributed by atoms with E-state index in [1.807, 2.05) is 52.0 Å². The third kappa shape index (κ3) is 3.93. The monoisotopic (exact) mass is 487 g/mol. The number of hydrogen-bond acceptors (Lipinski definition) is 5. The fourth-order valence-corrected chi connectivity index (χ4v) is 6.56. The van der Waals surface area contributed by atoms with E-state index in [9.17, 15) is 19.5 Å². The lowest BCUT2D eigenvalue weighted by atomic mass is 9.74. The summed E-state index contributed by atoms with van der Waals surface area (Å²) >= 11 is 0. The van der Waals surface area contributed by atoms with Crippen molar-refractivity contribution in [1.29, 1.82) is 0 Å². The molecule has 0 bridgehead atoms. The van der Waals surface area contributed by atoms with Gasteiger partial charge in [-0.15, -0.1) is 0 Å². The van der Waals surface area contributed by atoms with E-state index in [0.717, 1.165) is 19.3 Å². The highest BCUT2D eigenvalue weighted by Crippen LogP contribution is 2.58. The van der Waals surface area contributed by atoms with Gasteiger partial charge in [-0.3, -0.25) is 14.4 Å². The first kappa shape index (κ1) is 25.9. The highest BCUT2D eigenvalue weighted by atomic mass is 16.5. The number of rotatable bonds is 8. The van der Waals surface area contributed by atoms with E-state index in [1.54, 1.807) is 14.7 Å². The number of carbonyl (C=O) groups is 3. The molecule has 194 valence electrons. The Morgan fingerprint density at radius 3 is 2.23 bits per heavy atom. The van der Waals surface area contributed by atoms with Crippen LogP contribution >= 0.6 is 0 Å². The molecule has 8 nitrogen and oxygen atoms in total. The fraction of sp³-hybridized carbons (Fsp3) is 0.741. The smallest absolute Gasteiger partial charge is 0.249 e. The normalized spacial score (nSPS) is 35.3. The zero-order valence-corrected chi connectivity index (χ0v) is 21.8. The summed E-state index contributed by atoms with van der Waals surface area (Å²) in [5, 5.41) is 10.3. The summed E-state index contributed by atoms with van der Waals surface area (Å²) in [5.41, 5.74) is -2.26. The molecule has 0 radical (unpaired) electrons. The summed E-state index contributed by atoms with van der Waals surface area (Å²) in [6.07, 6.45) is 10.3. The lowest BCUT2D eigenvalue weighted by Gasteiger charge is -2.41. The number of amides is 3. The summed E-state index contributed by atoms with van der Waals surface area (Å²) in [6, 6.07) is -1.46. The van der Waals surface area contributed by atoms with Crippen molar-refractivity contribution in [3.05, 3.63) is 24.3 Å². The third-order valence-electron chi connectivity index (χ3n) is 8.25. The molecule has 0 aliphatic carbocycles. The quantitative estimate of drug-likeness (QED) is 0.529. The Balaban J connectivity index is 1.87. The molecule has 1 spiro atoms. The van der Waals surface area contributed by atoms with Gasteiger partial charge in [0.15, 0.2) is 0 Å². The fourth-order valence-electron chi connectivity index (χ4n) is 6.56. The van der Waals surface area contributed by atoms with Gasteiger partial charge in [0.25, 0.3) is 0 Å². The molecule has 4 heterocycles. The van der Waals surface area contributed by atoms with Gasteiger partial charge in [0.2, 0.25) is 17.7 Å². The van der Waals surface area contributed by atoms with Gasteiger partial charge < -0.3 is 24.5 Å². The standard InChI is InChI=1S/C27H41N3O5/c1-6-8-14-29-16-10-12-27-21(24(33)30(22(27)25(29)34)19(17-31)18(3)4)20-23(32)28(13-7-2)15-9-11-26(20,5)35-27/h9-12,18-22,31H,6-8,13-17H2,1-5H3/t19-,20+,21-,22?,26-,27-/m0/s1. The van der Waals surface area contributed by atoms with E-state index in [-0.39, 0.29) is 30.2 Å². The highest BCUT2D eigenvalue weighted by Gasteiger charge is 2.75. The van der Waals surface area contributed by atoms with Gasteiger partial charge >= 0.3 is 0 Å². The molecule has 1 unspecified atom stereocenters. The summed E-state index contributed by atoms with van der Waals surface area (Å²) in [5.74, 6) is -2.18. The SMILES string of the molecule is CCCCN1CC=C[C@]23O[C@@]4(C)C=CCN(CCC)C(=O)[C@H]4[C@H]2C(=O)N([C@@H](CO)C(C)C)C3C1=O. The minimum atomic E-state index is -1.26. The first-order chi connectivity index (χ1) is 16.7. The number of aliphatic hydroxyl groups excluding tert-OH is 1. The topological polar surface area (TPSA) is 90.4 Å². The van der Waals surface area contributed by atoms with Crippen LogP contribution in [0.2, 0.25) is 0 Å². The van der Waals surface area contributed by atoms with Crippen molar-refractivity contribution in [1.82, 2.24) is 14.7 Å². The zero-order chi connectivity index (χ0) is 25.5. The predicted molar refractivity (Wildman–Crippen MR) is 132 cm³/mol. The Kier molecular flexibility index (Phi) is 7.17. The van der Waals surface area contributed by atoms with Crippen molar-refractivity contribution >= 4 is 17.7 Å². The molecule has 3 amide bonds. The van der Waals surface area contributed by atoms with Crippen LogP contribution in [0.15, 0.2) is 24.3 Å². The average molecular weight is 488 g/mol. The first-order valence-electron chi connectivity index (χ1n) is 13.2. The Morgan fingerprint density at radius 1 is 0.971 bits per heavy atom. The molecule has 0 aromatic rings. The third-order valence-corrected chi connectivity index (χ3v) is 8.25. The van der Waals surface area contributed by atoms with Crippen LogP contribution in [0.5, 0.6) is 0 Å². The summed E-state index contributed by atoms with van der Waals surface area (Å²) in [7, 11) is 0. The predicted octanol–water partition coefficient (Wildman–Crippen LogP) is 1.98. The van der Waals surface area contributed by atoms with Crippen molar-refractivity contribution in [2.45, 2.75) is 77.2 Å². The largest absolute Gasteiger partial charge is 0.394 e. The Morgan fingerprint density at radius 2 is 1.63 bits per heavy atom. The molecule has 2 fully saturated rings. The van der Waals surface area contributed by atoms with Crippen LogP contribution in [0, 0.1) is 17.8 Å². The minimum absolute atomic E-state index is 0.0725. The van der Waals surface area contributed by atoms with Crippen LogP contribution in [-0.4, -0.2) is 93.6 Å². The van der Waals surface area contributed by atoms with E-state index in [0.29, 0.717) is 26.2 Å². The summed E-state index contributed by atoms with van der Waals surface area (Å²) in [6.45, 7) is 11.7. The Labute approximate surface area is 208 Å². The molecule has 0 saturated carbocycles. The van der Waals surface area contributed by atoms with E-state index in [4.69, 9.17) is 4.74 Å². The average Bonchev–Trinajstić information content (AvgIpc) is 3.08. The molecule has 0 aromatic carbocycles.